The number of likely N-dealkylation sites (N-methyl/N-ethyl adjacent to an activating group) is 1. The Hall–Kier alpha value is -1.10. The van der Waals surface area contributed by atoms with Crippen molar-refractivity contribution in [3.05, 3.63) is 0 Å². The molecule has 5 heteroatoms. The summed E-state index contributed by atoms with van der Waals surface area (Å²) in [5, 5.41) is 3.31. The summed E-state index contributed by atoms with van der Waals surface area (Å²) in [6.07, 6.45) is 4.92. The molecule has 0 bridgehead atoms. The van der Waals surface area contributed by atoms with E-state index in [-0.39, 0.29) is 18.4 Å². The zero-order valence-corrected chi connectivity index (χ0v) is 11.2. The topological polar surface area (TPSA) is 52.7 Å². The molecule has 2 rings (SSSR count). The Morgan fingerprint density at radius 2 is 2.00 bits per heavy atom. The number of nitrogens with one attached hydrogen (secondary N) is 1. The van der Waals surface area contributed by atoms with E-state index in [0.29, 0.717) is 12.5 Å². The molecule has 102 valence electrons. The van der Waals surface area contributed by atoms with Crippen LogP contribution in [0.5, 0.6) is 0 Å². The van der Waals surface area contributed by atoms with Gasteiger partial charge in [0.2, 0.25) is 11.8 Å². The fourth-order valence-corrected chi connectivity index (χ4v) is 2.66. The molecule has 1 N–H and O–H groups in total. The smallest absolute Gasteiger partial charge is 0.242 e. The number of likely N-dealkylation sites (tertiary alicyclic amines) is 1. The van der Waals surface area contributed by atoms with E-state index in [9.17, 15) is 9.59 Å². The Bertz CT molecular complexity index is 307. The molecule has 0 spiro atoms. The van der Waals surface area contributed by atoms with E-state index in [1.54, 1.807) is 11.9 Å². The molecule has 18 heavy (non-hydrogen) atoms. The number of carbonyl (C=O) groups excluding carboxylic acids is 2. The third-order valence-electron chi connectivity index (χ3n) is 3.84. The quantitative estimate of drug-likeness (QED) is 0.779. The van der Waals surface area contributed by atoms with Crippen molar-refractivity contribution < 1.29 is 9.59 Å². The molecule has 0 aromatic heterocycles. The van der Waals surface area contributed by atoms with Crippen LogP contribution in [0.2, 0.25) is 0 Å². The Morgan fingerprint density at radius 1 is 1.28 bits per heavy atom. The molecule has 1 atom stereocenters. The molecule has 2 aliphatic rings. The minimum atomic E-state index is 0.0712. The Balaban J connectivity index is 1.73. The van der Waals surface area contributed by atoms with Gasteiger partial charge in [-0.15, -0.1) is 0 Å². The molecule has 0 aliphatic carbocycles. The lowest BCUT2D eigenvalue weighted by Gasteiger charge is -2.22. The lowest BCUT2D eigenvalue weighted by molar-refractivity contribution is -0.139. The molecule has 2 heterocycles. The number of nitrogens with zero attached hydrogens (tertiary/aromatic N) is 2. The monoisotopic (exact) mass is 253 g/mol. The van der Waals surface area contributed by atoms with Gasteiger partial charge < -0.3 is 15.1 Å². The van der Waals surface area contributed by atoms with E-state index >= 15 is 0 Å². The molecule has 0 aromatic rings. The van der Waals surface area contributed by atoms with Crippen LogP contribution in [0.25, 0.3) is 0 Å². The van der Waals surface area contributed by atoms with Crippen LogP contribution in [0.1, 0.15) is 32.1 Å². The van der Waals surface area contributed by atoms with Gasteiger partial charge in [0.1, 0.15) is 0 Å². The second kappa shape index (κ2) is 6.18. The highest BCUT2D eigenvalue weighted by molar-refractivity contribution is 5.85. The minimum absolute atomic E-state index is 0.0712. The number of amides is 2. The van der Waals surface area contributed by atoms with Crippen LogP contribution in [0.4, 0.5) is 0 Å². The van der Waals surface area contributed by atoms with Crippen molar-refractivity contribution >= 4 is 11.8 Å². The first-order chi connectivity index (χ1) is 8.66. The fraction of sp³-hybridized carbons (Fsp3) is 0.846. The summed E-state index contributed by atoms with van der Waals surface area (Å²) in [7, 11) is 1.73. The van der Waals surface area contributed by atoms with Crippen LogP contribution >= 0.6 is 0 Å². The second-order valence-corrected chi connectivity index (χ2v) is 5.34. The van der Waals surface area contributed by atoms with Gasteiger partial charge in [-0.05, 0) is 32.2 Å². The maximum absolute atomic E-state index is 12.0. The predicted octanol–water partition coefficient (Wildman–Crippen LogP) is 0.209. The van der Waals surface area contributed by atoms with Crippen molar-refractivity contribution in [3.8, 4) is 0 Å². The van der Waals surface area contributed by atoms with Crippen LogP contribution in [-0.4, -0.2) is 60.9 Å². The summed E-state index contributed by atoms with van der Waals surface area (Å²) in [4.78, 5) is 27.3. The van der Waals surface area contributed by atoms with Gasteiger partial charge in [-0.25, -0.2) is 0 Å². The molecule has 0 aromatic carbocycles. The van der Waals surface area contributed by atoms with Crippen molar-refractivity contribution in [3.63, 3.8) is 0 Å². The van der Waals surface area contributed by atoms with Crippen molar-refractivity contribution in [2.45, 2.75) is 38.1 Å². The SMILES string of the molecule is CN(CC(=O)N1CCCC1)C(=O)CC1CCCN1. The van der Waals surface area contributed by atoms with Gasteiger partial charge in [0.05, 0.1) is 6.54 Å². The third-order valence-corrected chi connectivity index (χ3v) is 3.84. The maximum atomic E-state index is 12.0. The molecule has 0 radical (unpaired) electrons. The largest absolute Gasteiger partial charge is 0.341 e. The Kier molecular flexibility index (Phi) is 4.58. The highest BCUT2D eigenvalue weighted by atomic mass is 16.2. The minimum Gasteiger partial charge on any atom is -0.341 e. The highest BCUT2D eigenvalue weighted by Gasteiger charge is 2.23. The summed E-state index contributed by atoms with van der Waals surface area (Å²) in [5.74, 6) is 0.157. The van der Waals surface area contributed by atoms with E-state index in [4.69, 9.17) is 0 Å². The van der Waals surface area contributed by atoms with Crippen LogP contribution in [0.3, 0.4) is 0 Å². The standard InChI is InChI=1S/C13H23N3O2/c1-15(10-13(18)16-7-2-3-8-16)12(17)9-11-5-4-6-14-11/h11,14H,2-10H2,1H3. The predicted molar refractivity (Wildman–Crippen MR) is 69.1 cm³/mol. The first-order valence-electron chi connectivity index (χ1n) is 6.92. The van der Waals surface area contributed by atoms with Crippen LogP contribution in [0, 0.1) is 0 Å². The first-order valence-corrected chi connectivity index (χ1v) is 6.92. The van der Waals surface area contributed by atoms with Gasteiger partial charge in [-0.1, -0.05) is 0 Å². The molecule has 2 fully saturated rings. The van der Waals surface area contributed by atoms with E-state index < -0.39 is 0 Å². The van der Waals surface area contributed by atoms with E-state index in [0.717, 1.165) is 45.3 Å². The third kappa shape index (κ3) is 3.45. The van der Waals surface area contributed by atoms with Crippen LogP contribution in [-0.2, 0) is 9.59 Å². The molecule has 5 nitrogen and oxygen atoms in total. The van der Waals surface area contributed by atoms with Crippen molar-refractivity contribution in [2.24, 2.45) is 0 Å². The number of carbonyl (C=O) groups is 2. The molecule has 2 amide bonds. The number of hydrogen-bond acceptors (Lipinski definition) is 3. The van der Waals surface area contributed by atoms with E-state index in [2.05, 4.69) is 5.32 Å². The number of hydrogen-bond donors (Lipinski definition) is 1. The molecule has 1 unspecified atom stereocenters. The Morgan fingerprint density at radius 3 is 2.61 bits per heavy atom. The summed E-state index contributed by atoms with van der Waals surface area (Å²) in [6, 6.07) is 0.307. The van der Waals surface area contributed by atoms with Crippen LogP contribution in [0.15, 0.2) is 0 Å². The average molecular weight is 253 g/mol. The lowest BCUT2D eigenvalue weighted by Crippen LogP contribution is -2.41. The maximum Gasteiger partial charge on any atom is 0.242 e. The van der Waals surface area contributed by atoms with Gasteiger partial charge in [0, 0.05) is 32.6 Å². The van der Waals surface area contributed by atoms with Gasteiger partial charge >= 0.3 is 0 Å². The molecular formula is C13H23N3O2. The first kappa shape index (κ1) is 13.3. The van der Waals surface area contributed by atoms with Gasteiger partial charge in [0.15, 0.2) is 0 Å². The zero-order chi connectivity index (χ0) is 13.0. The van der Waals surface area contributed by atoms with Gasteiger partial charge in [-0.3, -0.25) is 9.59 Å². The fourth-order valence-electron chi connectivity index (χ4n) is 2.66. The van der Waals surface area contributed by atoms with Crippen molar-refractivity contribution in [1.82, 2.24) is 15.1 Å². The molecule has 2 saturated heterocycles. The van der Waals surface area contributed by atoms with Crippen LogP contribution < -0.4 is 5.32 Å². The average Bonchev–Trinajstić information content (AvgIpc) is 3.01. The van der Waals surface area contributed by atoms with E-state index in [1.165, 1.54) is 0 Å². The Labute approximate surface area is 108 Å². The lowest BCUT2D eigenvalue weighted by atomic mass is 10.1. The second-order valence-electron chi connectivity index (χ2n) is 5.34. The van der Waals surface area contributed by atoms with E-state index in [1.807, 2.05) is 4.90 Å². The van der Waals surface area contributed by atoms with Gasteiger partial charge in [0.25, 0.3) is 0 Å². The molecule has 2 aliphatic heterocycles. The summed E-state index contributed by atoms with van der Waals surface area (Å²) in [5.41, 5.74) is 0. The molecule has 0 saturated carbocycles. The zero-order valence-electron chi connectivity index (χ0n) is 11.2. The normalized spacial score (nSPS) is 23.4. The van der Waals surface area contributed by atoms with Crippen molar-refractivity contribution in [2.75, 3.05) is 33.2 Å². The van der Waals surface area contributed by atoms with Crippen molar-refractivity contribution in [1.29, 1.82) is 0 Å². The molecular weight excluding hydrogens is 230 g/mol. The summed E-state index contributed by atoms with van der Waals surface area (Å²) < 4.78 is 0. The number of rotatable bonds is 4. The highest BCUT2D eigenvalue weighted by Crippen LogP contribution is 2.11. The summed E-state index contributed by atoms with van der Waals surface area (Å²) in [6.45, 7) is 2.94. The summed E-state index contributed by atoms with van der Waals surface area (Å²) >= 11 is 0. The van der Waals surface area contributed by atoms with Gasteiger partial charge in [-0.2, -0.15) is 0 Å².